The summed E-state index contributed by atoms with van der Waals surface area (Å²) < 4.78 is -0.0222. The van der Waals surface area contributed by atoms with Crippen molar-refractivity contribution in [1.29, 1.82) is 0 Å². The molecule has 0 aliphatic carbocycles. The van der Waals surface area contributed by atoms with Crippen molar-refractivity contribution in [1.82, 2.24) is 26.2 Å². The second kappa shape index (κ2) is 18.6. The average Bonchev–Trinajstić information content (AvgIpc) is 3.84. The van der Waals surface area contributed by atoms with Gasteiger partial charge in [0.1, 0.15) is 18.6 Å². The maximum atomic E-state index is 14.4. The molecule has 312 valence electrons. The predicted molar refractivity (Wildman–Crippen MR) is 226 cm³/mol. The number of nitrogens with zero attached hydrogens (tertiary/aromatic N) is 2. The summed E-state index contributed by atoms with van der Waals surface area (Å²) in [5.74, 6) is -1.70. The number of hydrogen-bond acceptors (Lipinski definition) is 7. The smallest absolute Gasteiger partial charge is 0.331 e. The zero-order valence-corrected chi connectivity index (χ0v) is 36.5. The molecule has 1 unspecified atom stereocenters. The first-order valence-electron chi connectivity index (χ1n) is 20.7. The average molecular weight is 786 g/mol. The van der Waals surface area contributed by atoms with Gasteiger partial charge in [-0.05, 0) is 75.2 Å². The van der Waals surface area contributed by atoms with E-state index in [2.05, 4.69) is 47.2 Å². The topological polar surface area (TPSA) is 137 Å². The van der Waals surface area contributed by atoms with Gasteiger partial charge in [0.25, 0.3) is 11.8 Å². The fourth-order valence-electron chi connectivity index (χ4n) is 8.70. The van der Waals surface area contributed by atoms with Crippen molar-refractivity contribution in [3.05, 3.63) is 82.4 Å². The molecule has 11 heteroatoms. The highest BCUT2D eigenvalue weighted by Crippen LogP contribution is 2.34. The van der Waals surface area contributed by atoms with Crippen LogP contribution < -0.4 is 21.3 Å². The first-order valence-corrected chi connectivity index (χ1v) is 20.7. The second-order valence-electron chi connectivity index (χ2n) is 18.4. The normalized spacial score (nSPS) is 21.8. The van der Waals surface area contributed by atoms with E-state index in [1.807, 2.05) is 84.9 Å². The van der Waals surface area contributed by atoms with Gasteiger partial charge in [-0.2, -0.15) is 0 Å². The van der Waals surface area contributed by atoms with Gasteiger partial charge in [-0.25, -0.2) is 9.28 Å². The molecule has 4 N–H and O–H groups in total. The van der Waals surface area contributed by atoms with Crippen LogP contribution in [0.15, 0.2) is 60.2 Å². The zero-order chi connectivity index (χ0) is 42.5. The van der Waals surface area contributed by atoms with Gasteiger partial charge in [-0.3, -0.25) is 24.5 Å². The highest BCUT2D eigenvalue weighted by Gasteiger charge is 2.54. The molecule has 4 rings (SSSR count). The fraction of sp³-hybridized carbons (Fsp3) is 0.587. The van der Waals surface area contributed by atoms with Crippen LogP contribution in [0, 0.1) is 25.2 Å². The molecule has 2 fully saturated rings. The van der Waals surface area contributed by atoms with Gasteiger partial charge >= 0.3 is 5.91 Å². The zero-order valence-electron chi connectivity index (χ0n) is 36.5. The van der Waals surface area contributed by atoms with Crippen molar-refractivity contribution in [2.75, 3.05) is 27.2 Å². The molecule has 2 aliphatic heterocycles. The van der Waals surface area contributed by atoms with Gasteiger partial charge in [-0.1, -0.05) is 103 Å². The highest BCUT2D eigenvalue weighted by molar-refractivity contribution is 6.05. The van der Waals surface area contributed by atoms with E-state index >= 15 is 0 Å². The van der Waals surface area contributed by atoms with Crippen molar-refractivity contribution in [3.8, 4) is 0 Å². The van der Waals surface area contributed by atoms with Crippen LogP contribution in [-0.2, 0) is 35.9 Å². The molecule has 0 bridgehead atoms. The standard InChI is InChI=1S/C46H68N6O5/c1-29(2)36(51(12)43(56)39(45(6,7)8)49-42(55)38(47-11)46(9,10)34-23-22-30(3)31(4)26-34)27-32(5)40(53)50-41(54)37-21-17-25-52(37,28-33-18-14-13-15-19-33)44(57)35-20-16-24-48-35/h13-15,18-19,22-23,26-27,29,35-39,47-48H,16-17,20-21,24-25,28H2,1-12H3,(H-,49,50,53,54,55)/p+1/t35-,36+,37-,38+,39+,52?/m0/s1. The Morgan fingerprint density at radius 1 is 0.930 bits per heavy atom. The van der Waals surface area contributed by atoms with Crippen LogP contribution in [0.25, 0.3) is 0 Å². The Morgan fingerprint density at radius 2 is 1.60 bits per heavy atom. The monoisotopic (exact) mass is 786 g/mol. The third kappa shape index (κ3) is 10.3. The Labute approximate surface area is 341 Å². The maximum Gasteiger partial charge on any atom is 0.331 e. The van der Waals surface area contributed by atoms with Gasteiger partial charge in [-0.15, -0.1) is 0 Å². The number of nitrogens with one attached hydrogen (secondary N) is 4. The minimum atomic E-state index is -0.878. The van der Waals surface area contributed by atoms with Gasteiger partial charge < -0.3 is 20.9 Å². The number of hydrogen-bond donors (Lipinski definition) is 4. The number of amides is 5. The minimum Gasteiger partial charge on any atom is -0.342 e. The van der Waals surface area contributed by atoms with E-state index in [1.54, 1.807) is 32.0 Å². The fourth-order valence-corrected chi connectivity index (χ4v) is 8.70. The van der Waals surface area contributed by atoms with Crippen molar-refractivity contribution in [3.63, 3.8) is 0 Å². The molecule has 57 heavy (non-hydrogen) atoms. The number of likely N-dealkylation sites (N-methyl/N-ethyl adjacent to an activating group) is 2. The molecular weight excluding hydrogens is 717 g/mol. The Kier molecular flexibility index (Phi) is 14.8. The van der Waals surface area contributed by atoms with Crippen LogP contribution in [0.4, 0.5) is 0 Å². The molecule has 2 saturated heterocycles. The molecule has 2 aromatic rings. The third-order valence-corrected chi connectivity index (χ3v) is 12.5. The molecule has 2 aromatic carbocycles. The van der Waals surface area contributed by atoms with Crippen LogP contribution in [0.5, 0.6) is 0 Å². The van der Waals surface area contributed by atoms with Crippen molar-refractivity contribution in [2.24, 2.45) is 11.3 Å². The van der Waals surface area contributed by atoms with Gasteiger partial charge in [0, 0.05) is 36.4 Å². The molecular formula is C46H69N6O5+. The summed E-state index contributed by atoms with van der Waals surface area (Å²) in [6.07, 6.45) is 4.54. The van der Waals surface area contributed by atoms with Gasteiger partial charge in [0.05, 0.1) is 18.6 Å². The van der Waals surface area contributed by atoms with Crippen molar-refractivity contribution >= 4 is 29.5 Å². The van der Waals surface area contributed by atoms with E-state index < -0.39 is 46.8 Å². The van der Waals surface area contributed by atoms with Gasteiger partial charge in [0.2, 0.25) is 11.8 Å². The Hall–Kier alpha value is -4.19. The lowest BCUT2D eigenvalue weighted by atomic mass is 9.76. The number of likely N-dealkylation sites (tertiary alicyclic amines) is 1. The highest BCUT2D eigenvalue weighted by atomic mass is 16.2. The third-order valence-electron chi connectivity index (χ3n) is 12.5. The SMILES string of the molecule is CN[C@H](C(=O)N[C@H](C(=O)N(C)[C@H](C=C(C)C(=O)NC(=O)[C@@H]1CCC[N+]1(Cc1ccccc1)C(=O)[C@@H]1CCCN1)C(C)C)C(C)(C)C)C(C)(C)c1ccc(C)c(C)c1. The number of aryl methyl sites for hydroxylation is 2. The number of carbonyl (C=O) groups excluding carboxylic acids is 5. The van der Waals surface area contributed by atoms with E-state index in [0.717, 1.165) is 36.1 Å². The summed E-state index contributed by atoms with van der Waals surface area (Å²) in [5, 5.41) is 12.3. The Balaban J connectivity index is 1.54. The lowest BCUT2D eigenvalue weighted by molar-refractivity contribution is -0.871. The second-order valence-corrected chi connectivity index (χ2v) is 18.4. The van der Waals surface area contributed by atoms with Crippen LogP contribution in [0.3, 0.4) is 0 Å². The molecule has 2 aliphatic rings. The number of benzene rings is 2. The number of quaternary nitrogens is 1. The van der Waals surface area contributed by atoms with Crippen molar-refractivity contribution in [2.45, 2.75) is 137 Å². The molecule has 0 radical (unpaired) electrons. The summed E-state index contributed by atoms with van der Waals surface area (Å²) in [6, 6.07) is 12.9. The van der Waals surface area contributed by atoms with Crippen LogP contribution in [0.2, 0.25) is 0 Å². The first kappa shape index (κ1) is 45.5. The molecule has 0 saturated carbocycles. The molecule has 11 nitrogen and oxygen atoms in total. The predicted octanol–water partition coefficient (Wildman–Crippen LogP) is 5.23. The largest absolute Gasteiger partial charge is 0.342 e. The van der Waals surface area contributed by atoms with E-state index in [4.69, 9.17) is 0 Å². The Bertz CT molecular complexity index is 1810. The van der Waals surface area contributed by atoms with Crippen LogP contribution in [-0.4, -0.2) is 96.3 Å². The van der Waals surface area contributed by atoms with Crippen LogP contribution in [0.1, 0.15) is 103 Å². The number of imide groups is 1. The maximum absolute atomic E-state index is 14.4. The number of rotatable bonds is 14. The minimum absolute atomic E-state index is 0.00377. The van der Waals surface area contributed by atoms with Crippen molar-refractivity contribution < 1.29 is 28.5 Å². The van der Waals surface area contributed by atoms with E-state index in [1.165, 1.54) is 5.56 Å². The van der Waals surface area contributed by atoms with Crippen LogP contribution >= 0.6 is 0 Å². The van der Waals surface area contributed by atoms with Gasteiger partial charge in [0.15, 0.2) is 6.04 Å². The van der Waals surface area contributed by atoms with E-state index in [-0.39, 0.29) is 39.7 Å². The molecule has 5 amide bonds. The summed E-state index contributed by atoms with van der Waals surface area (Å²) in [6.45, 7) is 21.2. The molecule has 2 heterocycles. The quantitative estimate of drug-likeness (QED) is 0.152. The first-order chi connectivity index (χ1) is 26.6. The lowest BCUT2D eigenvalue weighted by Crippen LogP contribution is -2.64. The molecule has 0 spiro atoms. The summed E-state index contributed by atoms with van der Waals surface area (Å²) in [7, 11) is 3.45. The summed E-state index contributed by atoms with van der Waals surface area (Å²) in [5.41, 5.74) is 3.33. The number of carbonyl (C=O) groups is 5. The summed E-state index contributed by atoms with van der Waals surface area (Å²) in [4.78, 5) is 72.2. The van der Waals surface area contributed by atoms with E-state index in [9.17, 15) is 24.0 Å². The molecule has 0 aromatic heterocycles. The lowest BCUT2D eigenvalue weighted by Gasteiger charge is -2.40. The molecule has 6 atom stereocenters. The van der Waals surface area contributed by atoms with E-state index in [0.29, 0.717) is 25.9 Å². The Morgan fingerprint density at radius 3 is 2.16 bits per heavy atom. The summed E-state index contributed by atoms with van der Waals surface area (Å²) >= 11 is 0.